The van der Waals surface area contributed by atoms with Gasteiger partial charge in [0.2, 0.25) is 5.91 Å². The molecule has 0 radical (unpaired) electrons. The molecule has 0 aliphatic carbocycles. The molecule has 0 aliphatic heterocycles. The number of carbonyl (C=O) groups excluding carboxylic acids is 1. The zero-order chi connectivity index (χ0) is 14.4. The van der Waals surface area contributed by atoms with Crippen molar-refractivity contribution in [2.45, 2.75) is 39.2 Å². The smallest absolute Gasteiger partial charge is 0.228 e. The minimum Gasteiger partial charge on any atom is -0.394 e. The third-order valence-electron chi connectivity index (χ3n) is 3.24. The fourth-order valence-corrected chi connectivity index (χ4v) is 2.20. The Balaban J connectivity index is 2.88. The van der Waals surface area contributed by atoms with Gasteiger partial charge in [-0.15, -0.1) is 0 Å². The van der Waals surface area contributed by atoms with E-state index in [1.165, 1.54) is 0 Å². The number of nitrogens with one attached hydrogen (secondary N) is 1. The van der Waals surface area contributed by atoms with Crippen molar-refractivity contribution in [3.05, 3.63) is 34.9 Å². The zero-order valence-corrected chi connectivity index (χ0v) is 12.4. The van der Waals surface area contributed by atoms with E-state index in [1.54, 1.807) is 12.1 Å². The Labute approximate surface area is 120 Å². The van der Waals surface area contributed by atoms with E-state index < -0.39 is 0 Å². The second-order valence-corrected chi connectivity index (χ2v) is 5.51. The summed E-state index contributed by atoms with van der Waals surface area (Å²) in [5, 5.41) is 12.7. The highest BCUT2D eigenvalue weighted by molar-refractivity contribution is 6.30. The number of hydrogen-bond donors (Lipinski definition) is 2. The van der Waals surface area contributed by atoms with Gasteiger partial charge in [0.1, 0.15) is 0 Å². The van der Waals surface area contributed by atoms with Crippen LogP contribution in [0.2, 0.25) is 5.02 Å². The summed E-state index contributed by atoms with van der Waals surface area (Å²) < 4.78 is 0. The molecule has 3 nitrogen and oxygen atoms in total. The number of aliphatic hydroxyl groups is 1. The van der Waals surface area contributed by atoms with Crippen LogP contribution in [0.4, 0.5) is 0 Å². The van der Waals surface area contributed by atoms with Crippen LogP contribution >= 0.6 is 11.6 Å². The lowest BCUT2D eigenvalue weighted by Crippen LogP contribution is -2.41. The van der Waals surface area contributed by atoms with Gasteiger partial charge >= 0.3 is 0 Å². The molecule has 2 N–H and O–H groups in total. The molecule has 4 heteroatoms. The van der Waals surface area contributed by atoms with E-state index >= 15 is 0 Å². The molecule has 0 fully saturated rings. The van der Waals surface area contributed by atoms with Gasteiger partial charge in [0.05, 0.1) is 18.6 Å². The van der Waals surface area contributed by atoms with Gasteiger partial charge in [-0.3, -0.25) is 4.79 Å². The molecule has 1 aromatic carbocycles. The van der Waals surface area contributed by atoms with Crippen molar-refractivity contribution in [3.8, 4) is 0 Å². The zero-order valence-electron chi connectivity index (χ0n) is 11.7. The number of amides is 1. The van der Waals surface area contributed by atoms with Crippen LogP contribution in [0, 0.1) is 5.92 Å². The monoisotopic (exact) mass is 283 g/mol. The van der Waals surface area contributed by atoms with Gasteiger partial charge < -0.3 is 10.4 Å². The lowest BCUT2D eigenvalue weighted by Gasteiger charge is -2.23. The van der Waals surface area contributed by atoms with Crippen molar-refractivity contribution in [1.29, 1.82) is 0 Å². The topological polar surface area (TPSA) is 49.3 Å². The Morgan fingerprint density at radius 2 is 1.89 bits per heavy atom. The first kappa shape index (κ1) is 16.0. The summed E-state index contributed by atoms with van der Waals surface area (Å²) >= 11 is 5.87. The summed E-state index contributed by atoms with van der Waals surface area (Å²) in [5.41, 5.74) is 0.949. The second kappa shape index (κ2) is 7.51. The van der Waals surface area contributed by atoms with E-state index in [0.717, 1.165) is 5.56 Å². The van der Waals surface area contributed by atoms with Crippen molar-refractivity contribution in [2.24, 2.45) is 5.92 Å². The van der Waals surface area contributed by atoms with Crippen molar-refractivity contribution in [3.63, 3.8) is 0 Å². The Morgan fingerprint density at radius 1 is 1.32 bits per heavy atom. The Kier molecular flexibility index (Phi) is 6.32. The summed E-state index contributed by atoms with van der Waals surface area (Å²) in [6.07, 6.45) is 0.716. The maximum absolute atomic E-state index is 12.3. The van der Waals surface area contributed by atoms with Crippen LogP contribution in [0.3, 0.4) is 0 Å². The van der Waals surface area contributed by atoms with Crippen molar-refractivity contribution < 1.29 is 9.90 Å². The summed E-state index contributed by atoms with van der Waals surface area (Å²) in [6, 6.07) is 7.17. The van der Waals surface area contributed by atoms with Crippen molar-refractivity contribution in [2.75, 3.05) is 6.61 Å². The number of halogens is 1. The first-order valence-corrected chi connectivity index (χ1v) is 7.04. The average Bonchev–Trinajstić information content (AvgIpc) is 2.38. The Bertz CT molecular complexity index is 399. The maximum atomic E-state index is 12.3. The molecule has 19 heavy (non-hydrogen) atoms. The fraction of sp³-hybridized carbons (Fsp3) is 0.533. The number of carbonyl (C=O) groups is 1. The quantitative estimate of drug-likeness (QED) is 0.843. The highest BCUT2D eigenvalue weighted by atomic mass is 35.5. The van der Waals surface area contributed by atoms with E-state index in [4.69, 9.17) is 11.6 Å². The normalized spacial score (nSPS) is 14.2. The van der Waals surface area contributed by atoms with Crippen LogP contribution in [0.1, 0.15) is 38.7 Å². The number of aliphatic hydroxyl groups excluding tert-OH is 1. The second-order valence-electron chi connectivity index (χ2n) is 5.07. The van der Waals surface area contributed by atoms with Crippen LogP contribution in [-0.4, -0.2) is 23.7 Å². The van der Waals surface area contributed by atoms with E-state index in [9.17, 15) is 9.90 Å². The highest BCUT2D eigenvalue weighted by Gasteiger charge is 2.25. The largest absolute Gasteiger partial charge is 0.394 e. The minimum atomic E-state index is -0.224. The van der Waals surface area contributed by atoms with E-state index in [0.29, 0.717) is 11.4 Å². The van der Waals surface area contributed by atoms with Crippen LogP contribution in [0.5, 0.6) is 0 Å². The molecule has 0 bridgehead atoms. The number of benzene rings is 1. The maximum Gasteiger partial charge on any atom is 0.228 e. The summed E-state index contributed by atoms with van der Waals surface area (Å²) in [6.45, 7) is 5.93. The van der Waals surface area contributed by atoms with Crippen molar-refractivity contribution >= 4 is 17.5 Å². The van der Waals surface area contributed by atoms with E-state index in [2.05, 4.69) is 5.32 Å². The van der Waals surface area contributed by atoms with Gasteiger partial charge in [-0.1, -0.05) is 44.5 Å². The molecule has 0 saturated heterocycles. The molecule has 0 spiro atoms. The molecule has 1 rings (SSSR count). The van der Waals surface area contributed by atoms with E-state index in [-0.39, 0.29) is 30.4 Å². The molecular formula is C15H22ClNO2. The molecule has 0 saturated carbocycles. The third kappa shape index (κ3) is 4.51. The number of hydrogen-bond acceptors (Lipinski definition) is 2. The lowest BCUT2D eigenvalue weighted by atomic mass is 9.87. The van der Waals surface area contributed by atoms with Gasteiger partial charge in [-0.2, -0.15) is 0 Å². The first-order chi connectivity index (χ1) is 8.99. The molecular weight excluding hydrogens is 262 g/mol. The molecule has 1 unspecified atom stereocenters. The third-order valence-corrected chi connectivity index (χ3v) is 3.49. The average molecular weight is 284 g/mol. The first-order valence-electron chi connectivity index (χ1n) is 6.66. The Morgan fingerprint density at radius 3 is 2.32 bits per heavy atom. The predicted octanol–water partition coefficient (Wildman–Crippen LogP) is 2.97. The van der Waals surface area contributed by atoms with Crippen molar-refractivity contribution in [1.82, 2.24) is 5.32 Å². The highest BCUT2D eigenvalue weighted by Crippen LogP contribution is 2.26. The Hall–Kier alpha value is -1.06. The van der Waals surface area contributed by atoms with Crippen LogP contribution in [-0.2, 0) is 4.79 Å². The molecule has 2 atom stereocenters. The van der Waals surface area contributed by atoms with Gasteiger partial charge in [-0.05, 0) is 30.0 Å². The van der Waals surface area contributed by atoms with Crippen LogP contribution < -0.4 is 5.32 Å². The summed E-state index contributed by atoms with van der Waals surface area (Å²) in [7, 11) is 0. The van der Waals surface area contributed by atoms with Gasteiger partial charge in [0, 0.05) is 5.02 Å². The molecule has 1 aromatic rings. The predicted molar refractivity (Wildman–Crippen MR) is 78.3 cm³/mol. The van der Waals surface area contributed by atoms with E-state index in [1.807, 2.05) is 32.9 Å². The minimum absolute atomic E-state index is 0.0341. The molecule has 0 aliphatic rings. The van der Waals surface area contributed by atoms with Gasteiger partial charge in [-0.25, -0.2) is 0 Å². The molecule has 0 heterocycles. The molecule has 106 valence electrons. The number of rotatable bonds is 6. The lowest BCUT2D eigenvalue weighted by molar-refractivity contribution is -0.124. The summed E-state index contributed by atoms with van der Waals surface area (Å²) in [5.74, 6) is -0.0894. The summed E-state index contributed by atoms with van der Waals surface area (Å²) in [4.78, 5) is 12.3. The SMILES string of the molecule is CC[C@H](CO)NC(=O)C(c1ccc(Cl)cc1)C(C)C. The van der Waals surface area contributed by atoms with Gasteiger partial charge in [0.15, 0.2) is 0 Å². The van der Waals surface area contributed by atoms with Crippen LogP contribution in [0.25, 0.3) is 0 Å². The van der Waals surface area contributed by atoms with Crippen LogP contribution in [0.15, 0.2) is 24.3 Å². The standard InChI is InChI=1S/C15H22ClNO2/c1-4-13(9-18)17-15(19)14(10(2)3)11-5-7-12(16)8-6-11/h5-8,10,13-14,18H,4,9H2,1-3H3,(H,17,19)/t13-,14?/m1/s1. The van der Waals surface area contributed by atoms with Gasteiger partial charge in [0.25, 0.3) is 0 Å². The molecule has 1 amide bonds. The molecule has 0 aromatic heterocycles. The fourth-order valence-electron chi connectivity index (χ4n) is 2.08.